The van der Waals surface area contributed by atoms with Gasteiger partial charge in [-0.15, -0.1) is 21.5 Å². The first-order valence-electron chi connectivity index (χ1n) is 11.4. The van der Waals surface area contributed by atoms with Crippen molar-refractivity contribution in [2.24, 2.45) is 7.05 Å². The van der Waals surface area contributed by atoms with Gasteiger partial charge in [0.1, 0.15) is 4.70 Å². The van der Waals surface area contributed by atoms with E-state index in [4.69, 9.17) is 9.47 Å². The van der Waals surface area contributed by atoms with Crippen LogP contribution in [0.3, 0.4) is 0 Å². The van der Waals surface area contributed by atoms with E-state index in [0.29, 0.717) is 17.0 Å². The molecule has 0 radical (unpaired) electrons. The van der Waals surface area contributed by atoms with Gasteiger partial charge < -0.3 is 9.47 Å². The Morgan fingerprint density at radius 1 is 1.06 bits per heavy atom. The number of rotatable bonds is 5. The standard InChI is InChI=1S/C26H25N5O3S/c1-29-25(32)24-19(10-12-35-24)31-22(27-28-26(29)31)15-30-11-9-17-13-20(33-2)21(34-3)14-18(17)23(30)16-7-5-4-6-8-16/h4-8,10,12-14,23H,9,11,15H2,1-3H3. The van der Waals surface area contributed by atoms with Crippen molar-refractivity contribution < 1.29 is 9.47 Å². The topological polar surface area (TPSA) is 73.9 Å². The molecule has 1 unspecified atom stereocenters. The Hall–Kier alpha value is -3.69. The largest absolute Gasteiger partial charge is 0.493 e. The number of fused-ring (bicyclic) bond motifs is 4. The summed E-state index contributed by atoms with van der Waals surface area (Å²) in [5.74, 6) is 2.83. The van der Waals surface area contributed by atoms with Crippen LogP contribution in [-0.2, 0) is 20.0 Å². The molecule has 3 aromatic heterocycles. The lowest BCUT2D eigenvalue weighted by molar-refractivity contribution is 0.198. The molecule has 0 saturated carbocycles. The quantitative estimate of drug-likeness (QED) is 0.375. The normalized spacial score (nSPS) is 16.0. The summed E-state index contributed by atoms with van der Waals surface area (Å²) in [4.78, 5) is 15.2. The molecule has 1 aliphatic rings. The van der Waals surface area contributed by atoms with Crippen LogP contribution in [0.5, 0.6) is 11.5 Å². The number of benzene rings is 2. The molecule has 0 N–H and O–H groups in total. The number of hydrogen-bond acceptors (Lipinski definition) is 7. The van der Waals surface area contributed by atoms with Gasteiger partial charge in [-0.1, -0.05) is 30.3 Å². The summed E-state index contributed by atoms with van der Waals surface area (Å²) < 4.78 is 15.5. The second-order valence-corrected chi connectivity index (χ2v) is 9.61. The highest BCUT2D eigenvalue weighted by Gasteiger charge is 2.31. The van der Waals surface area contributed by atoms with E-state index in [-0.39, 0.29) is 11.6 Å². The maximum absolute atomic E-state index is 12.7. The summed E-state index contributed by atoms with van der Waals surface area (Å²) in [6.45, 7) is 1.42. The highest BCUT2D eigenvalue weighted by Crippen LogP contribution is 2.41. The van der Waals surface area contributed by atoms with Crippen LogP contribution in [0, 0.1) is 0 Å². The lowest BCUT2D eigenvalue weighted by Crippen LogP contribution is -2.36. The van der Waals surface area contributed by atoms with Gasteiger partial charge in [0.15, 0.2) is 17.3 Å². The Bertz CT molecular complexity index is 1600. The van der Waals surface area contributed by atoms with Gasteiger partial charge >= 0.3 is 0 Å². The summed E-state index contributed by atoms with van der Waals surface area (Å²) in [5, 5.41) is 10.9. The summed E-state index contributed by atoms with van der Waals surface area (Å²) in [6.07, 6.45) is 0.877. The van der Waals surface area contributed by atoms with Gasteiger partial charge in [0.25, 0.3) is 5.56 Å². The molecule has 8 nitrogen and oxygen atoms in total. The van der Waals surface area contributed by atoms with Gasteiger partial charge in [0.05, 0.1) is 32.3 Å². The highest BCUT2D eigenvalue weighted by atomic mass is 32.1. The number of ether oxygens (including phenoxy) is 2. The second-order valence-electron chi connectivity index (χ2n) is 8.69. The molecule has 0 saturated heterocycles. The van der Waals surface area contributed by atoms with Gasteiger partial charge in [-0.2, -0.15) is 0 Å². The van der Waals surface area contributed by atoms with E-state index in [1.165, 1.54) is 28.0 Å². The lowest BCUT2D eigenvalue weighted by atomic mass is 9.87. The van der Waals surface area contributed by atoms with Crippen LogP contribution in [0.15, 0.2) is 58.7 Å². The van der Waals surface area contributed by atoms with Crippen molar-refractivity contribution >= 4 is 27.3 Å². The van der Waals surface area contributed by atoms with Crippen LogP contribution in [0.2, 0.25) is 0 Å². The van der Waals surface area contributed by atoms with Crippen LogP contribution < -0.4 is 15.0 Å². The minimum atomic E-state index is -0.0449. The van der Waals surface area contributed by atoms with Crippen molar-refractivity contribution in [3.05, 3.63) is 86.8 Å². The minimum absolute atomic E-state index is 0.0117. The van der Waals surface area contributed by atoms with E-state index in [1.54, 1.807) is 25.8 Å². The van der Waals surface area contributed by atoms with E-state index < -0.39 is 0 Å². The molecule has 1 aliphatic heterocycles. The monoisotopic (exact) mass is 487 g/mol. The van der Waals surface area contributed by atoms with E-state index >= 15 is 0 Å². The molecule has 0 aliphatic carbocycles. The van der Waals surface area contributed by atoms with Crippen LogP contribution in [0.1, 0.15) is 28.6 Å². The van der Waals surface area contributed by atoms with E-state index in [0.717, 1.165) is 35.8 Å². The van der Waals surface area contributed by atoms with E-state index in [1.807, 2.05) is 21.9 Å². The van der Waals surface area contributed by atoms with Crippen LogP contribution in [-0.4, -0.2) is 44.8 Å². The van der Waals surface area contributed by atoms with Crippen molar-refractivity contribution in [3.8, 4) is 11.5 Å². The molecule has 4 heterocycles. The minimum Gasteiger partial charge on any atom is -0.493 e. The van der Waals surface area contributed by atoms with Crippen molar-refractivity contribution in [3.63, 3.8) is 0 Å². The zero-order valence-electron chi connectivity index (χ0n) is 19.8. The fraction of sp³-hybridized carbons (Fsp3) is 0.269. The Labute approximate surface area is 206 Å². The fourth-order valence-corrected chi connectivity index (χ4v) is 5.98. The fourth-order valence-electron chi connectivity index (χ4n) is 5.13. The number of methoxy groups -OCH3 is 2. The number of hydrogen-bond donors (Lipinski definition) is 0. The first-order chi connectivity index (χ1) is 17.1. The van der Waals surface area contributed by atoms with Gasteiger partial charge in [0.2, 0.25) is 5.78 Å². The SMILES string of the molecule is COc1cc2c(cc1OC)C(c1ccccc1)N(Cc1nnc3n(C)c(=O)c4sccc4n13)CC2. The maximum atomic E-state index is 12.7. The summed E-state index contributed by atoms with van der Waals surface area (Å²) in [7, 11) is 5.09. The molecule has 0 amide bonds. The third-order valence-corrected chi connectivity index (χ3v) is 7.72. The number of nitrogens with zero attached hydrogens (tertiary/aromatic N) is 5. The molecule has 0 spiro atoms. The maximum Gasteiger partial charge on any atom is 0.272 e. The Morgan fingerprint density at radius 2 is 1.83 bits per heavy atom. The number of aryl methyl sites for hydroxylation is 1. The summed E-state index contributed by atoms with van der Waals surface area (Å²) >= 11 is 1.45. The predicted octanol–water partition coefficient (Wildman–Crippen LogP) is 3.81. The van der Waals surface area contributed by atoms with Crippen molar-refractivity contribution in [2.45, 2.75) is 19.0 Å². The van der Waals surface area contributed by atoms with Crippen molar-refractivity contribution in [1.82, 2.24) is 24.1 Å². The van der Waals surface area contributed by atoms with Gasteiger partial charge in [-0.05, 0) is 46.7 Å². The molecule has 0 bridgehead atoms. The van der Waals surface area contributed by atoms with E-state index in [9.17, 15) is 4.79 Å². The van der Waals surface area contributed by atoms with Gasteiger partial charge in [0, 0.05) is 13.6 Å². The Balaban J connectivity index is 1.49. The number of aromatic nitrogens is 4. The number of thiophene rings is 1. The highest BCUT2D eigenvalue weighted by molar-refractivity contribution is 7.17. The third kappa shape index (κ3) is 3.42. The summed E-state index contributed by atoms with van der Waals surface area (Å²) in [6, 6.07) is 16.7. The molecule has 6 rings (SSSR count). The molecule has 1 atom stereocenters. The smallest absolute Gasteiger partial charge is 0.272 e. The van der Waals surface area contributed by atoms with Crippen molar-refractivity contribution in [2.75, 3.05) is 20.8 Å². The molecule has 0 fully saturated rings. The molecule has 5 aromatic rings. The molecule has 2 aromatic carbocycles. The molecule has 9 heteroatoms. The average molecular weight is 488 g/mol. The summed E-state index contributed by atoms with van der Waals surface area (Å²) in [5.41, 5.74) is 4.45. The predicted molar refractivity (Wildman–Crippen MR) is 136 cm³/mol. The second kappa shape index (κ2) is 8.51. The van der Waals surface area contributed by atoms with Crippen LogP contribution in [0.25, 0.3) is 16.0 Å². The van der Waals surface area contributed by atoms with Crippen LogP contribution in [0.4, 0.5) is 0 Å². The average Bonchev–Trinajstić information content (AvgIpc) is 3.54. The zero-order chi connectivity index (χ0) is 24.1. The van der Waals surface area contributed by atoms with E-state index in [2.05, 4.69) is 51.5 Å². The first kappa shape index (κ1) is 21.8. The molecular formula is C26H25N5O3S. The van der Waals surface area contributed by atoms with Gasteiger partial charge in [-0.3, -0.25) is 18.7 Å². The van der Waals surface area contributed by atoms with Gasteiger partial charge in [-0.25, -0.2) is 0 Å². The third-order valence-electron chi connectivity index (χ3n) is 6.83. The zero-order valence-corrected chi connectivity index (χ0v) is 20.6. The molecule has 35 heavy (non-hydrogen) atoms. The molecule has 178 valence electrons. The van der Waals surface area contributed by atoms with Crippen LogP contribution >= 0.6 is 11.3 Å². The lowest BCUT2D eigenvalue weighted by Gasteiger charge is -2.37. The van der Waals surface area contributed by atoms with Crippen molar-refractivity contribution in [1.29, 1.82) is 0 Å². The molecular weight excluding hydrogens is 462 g/mol. The Kier molecular flexibility index (Phi) is 5.31. The Morgan fingerprint density at radius 3 is 2.60 bits per heavy atom. The first-order valence-corrected chi connectivity index (χ1v) is 12.3.